The molecule has 0 aliphatic heterocycles. The molecule has 0 aliphatic rings. The summed E-state index contributed by atoms with van der Waals surface area (Å²) in [6.45, 7) is 0. The fourth-order valence-electron chi connectivity index (χ4n) is 3.66. The number of carbonyl (C=O) groups excluding carboxylic acids is 1. The molecule has 0 fully saturated rings. The fraction of sp³-hybridized carbons (Fsp3) is 0. The molecular formula is C28H19N3O2S. The molecule has 0 saturated carbocycles. The van der Waals surface area contributed by atoms with E-state index >= 15 is 0 Å². The van der Waals surface area contributed by atoms with E-state index in [1.54, 1.807) is 36.0 Å². The molecule has 0 unspecified atom stereocenters. The van der Waals surface area contributed by atoms with Crippen LogP contribution in [0.2, 0.25) is 0 Å². The van der Waals surface area contributed by atoms with Crippen molar-refractivity contribution in [3.05, 3.63) is 120 Å². The number of aromatic nitrogens is 2. The van der Waals surface area contributed by atoms with Gasteiger partial charge in [-0.3, -0.25) is 4.79 Å². The molecule has 4 aromatic carbocycles. The summed E-state index contributed by atoms with van der Waals surface area (Å²) in [7, 11) is 0. The molecule has 1 heterocycles. The Bertz CT molecular complexity index is 1430. The van der Waals surface area contributed by atoms with Crippen molar-refractivity contribution < 1.29 is 4.79 Å². The zero-order valence-electron chi connectivity index (χ0n) is 18.0. The molecule has 1 amide bonds. The highest BCUT2D eigenvalue weighted by Gasteiger charge is 2.16. The monoisotopic (exact) mass is 461 g/mol. The number of aromatic amines is 1. The number of H-pyrrole nitrogens is 1. The summed E-state index contributed by atoms with van der Waals surface area (Å²) < 4.78 is 0. The Labute approximate surface area is 200 Å². The Balaban J connectivity index is 1.51. The van der Waals surface area contributed by atoms with Gasteiger partial charge in [0.25, 0.3) is 0 Å². The summed E-state index contributed by atoms with van der Waals surface area (Å²) in [5.74, 6) is -0.111. The lowest BCUT2D eigenvalue weighted by atomic mass is 10.1. The number of hydrogen-bond acceptors (Lipinski definition) is 4. The van der Waals surface area contributed by atoms with Crippen molar-refractivity contribution in [3.63, 3.8) is 0 Å². The van der Waals surface area contributed by atoms with Gasteiger partial charge in [0.15, 0.2) is 0 Å². The Hall–Kier alpha value is -4.29. The summed E-state index contributed by atoms with van der Waals surface area (Å²) in [4.78, 5) is 32.7. The van der Waals surface area contributed by atoms with Crippen LogP contribution in [0, 0.1) is 4.91 Å². The number of rotatable bonds is 6. The summed E-state index contributed by atoms with van der Waals surface area (Å²) in [5, 5.41) is 2.48. The third-order valence-corrected chi connectivity index (χ3v) is 6.38. The summed E-state index contributed by atoms with van der Waals surface area (Å²) in [5.41, 5.74) is 4.83. The van der Waals surface area contributed by atoms with E-state index in [1.165, 1.54) is 4.90 Å². The van der Waals surface area contributed by atoms with E-state index in [9.17, 15) is 9.70 Å². The maximum absolute atomic E-state index is 11.5. The lowest BCUT2D eigenvalue weighted by molar-refractivity contribution is 0.100. The molecule has 5 rings (SSSR count). The van der Waals surface area contributed by atoms with Gasteiger partial charge in [0.05, 0.1) is 11.4 Å². The van der Waals surface area contributed by atoms with Gasteiger partial charge in [-0.1, -0.05) is 84.6 Å². The van der Waals surface area contributed by atoms with Gasteiger partial charge in [-0.25, -0.2) is 4.98 Å². The predicted molar refractivity (Wildman–Crippen MR) is 136 cm³/mol. The summed E-state index contributed by atoms with van der Waals surface area (Å²) in [6, 6.07) is 35.4. The quantitative estimate of drug-likeness (QED) is 0.266. The number of hydrogen-bond donors (Lipinski definition) is 1. The number of carbonyl (C=O) groups is 1. The zero-order valence-corrected chi connectivity index (χ0v) is 18.8. The number of nitrogens with one attached hydrogen (secondary N) is 1. The normalized spacial score (nSPS) is 10.7. The average molecular weight is 462 g/mol. The standard InChI is InChI=1S/C28H19N3O2S/c32-28(31-33)22-13-11-21(12-14-22)27-29-25(19-7-3-1-4-8-19)26(30-27)20-15-17-24(18-16-20)34-23-9-5-2-6-10-23/h1-18H,(H,29,30). The van der Waals surface area contributed by atoms with Crippen molar-refractivity contribution in [3.8, 4) is 33.9 Å². The molecule has 1 N–H and O–H groups in total. The van der Waals surface area contributed by atoms with Crippen molar-refractivity contribution in [2.75, 3.05) is 0 Å². The maximum Gasteiger partial charge on any atom is 0.316 e. The second kappa shape index (κ2) is 9.68. The van der Waals surface area contributed by atoms with Crippen LogP contribution in [0.15, 0.2) is 124 Å². The van der Waals surface area contributed by atoms with E-state index in [0.29, 0.717) is 5.82 Å². The number of imidazole rings is 1. The smallest absolute Gasteiger partial charge is 0.316 e. The lowest BCUT2D eigenvalue weighted by Crippen LogP contribution is -1.92. The average Bonchev–Trinajstić information content (AvgIpc) is 3.35. The SMILES string of the molecule is O=NC(=O)c1ccc(-c2nc(-c3ccccc3)c(-c3ccc(Sc4ccccc4)cc3)[nH]2)cc1. The summed E-state index contributed by atoms with van der Waals surface area (Å²) in [6.07, 6.45) is 0. The first-order chi connectivity index (χ1) is 16.7. The first-order valence-corrected chi connectivity index (χ1v) is 11.5. The summed E-state index contributed by atoms with van der Waals surface area (Å²) >= 11 is 1.72. The minimum Gasteiger partial charge on any atom is -0.337 e. The molecule has 0 radical (unpaired) electrons. The highest BCUT2D eigenvalue weighted by Crippen LogP contribution is 2.35. The predicted octanol–water partition coefficient (Wildman–Crippen LogP) is 7.47. The highest BCUT2D eigenvalue weighted by molar-refractivity contribution is 7.99. The van der Waals surface area contributed by atoms with Gasteiger partial charge in [0.1, 0.15) is 5.82 Å². The van der Waals surface area contributed by atoms with E-state index in [2.05, 4.69) is 46.6 Å². The molecule has 5 aromatic rings. The van der Waals surface area contributed by atoms with E-state index < -0.39 is 5.91 Å². The molecule has 0 saturated heterocycles. The van der Waals surface area contributed by atoms with Crippen LogP contribution in [0.25, 0.3) is 33.9 Å². The number of amides is 1. The minimum absolute atomic E-state index is 0.250. The molecule has 0 bridgehead atoms. The van der Waals surface area contributed by atoms with Crippen LogP contribution in [0.3, 0.4) is 0 Å². The Morgan fingerprint density at radius 2 is 1.26 bits per heavy atom. The molecule has 0 spiro atoms. The number of nitroso groups, excluding NO2 is 1. The van der Waals surface area contributed by atoms with Crippen LogP contribution >= 0.6 is 11.8 Å². The highest BCUT2D eigenvalue weighted by atomic mass is 32.2. The first kappa shape index (κ1) is 21.6. The van der Waals surface area contributed by atoms with Crippen molar-refractivity contribution in [1.82, 2.24) is 9.97 Å². The van der Waals surface area contributed by atoms with Crippen LogP contribution in [0.4, 0.5) is 0 Å². The van der Waals surface area contributed by atoms with Gasteiger partial charge >= 0.3 is 5.91 Å². The molecule has 34 heavy (non-hydrogen) atoms. The van der Waals surface area contributed by atoms with Crippen molar-refractivity contribution in [2.45, 2.75) is 9.79 Å². The van der Waals surface area contributed by atoms with Gasteiger partial charge in [0.2, 0.25) is 0 Å². The van der Waals surface area contributed by atoms with Crippen molar-refractivity contribution in [1.29, 1.82) is 0 Å². The van der Waals surface area contributed by atoms with Crippen LogP contribution in [-0.4, -0.2) is 15.9 Å². The maximum atomic E-state index is 11.5. The Kier molecular flexibility index (Phi) is 6.14. The molecule has 0 aliphatic carbocycles. The van der Waals surface area contributed by atoms with Crippen LogP contribution < -0.4 is 0 Å². The third kappa shape index (κ3) is 4.58. The van der Waals surface area contributed by atoms with E-state index in [0.717, 1.165) is 33.0 Å². The van der Waals surface area contributed by atoms with E-state index in [-0.39, 0.29) is 5.56 Å². The van der Waals surface area contributed by atoms with E-state index in [1.807, 2.05) is 48.5 Å². The topological polar surface area (TPSA) is 75.2 Å². The van der Waals surface area contributed by atoms with Crippen molar-refractivity contribution in [2.24, 2.45) is 5.18 Å². The number of benzene rings is 4. The van der Waals surface area contributed by atoms with Gasteiger partial charge in [-0.2, -0.15) is 0 Å². The largest absolute Gasteiger partial charge is 0.337 e. The van der Waals surface area contributed by atoms with Gasteiger partial charge < -0.3 is 4.98 Å². The molecule has 5 nitrogen and oxygen atoms in total. The molecular weight excluding hydrogens is 442 g/mol. The van der Waals surface area contributed by atoms with Gasteiger partial charge in [-0.05, 0) is 36.4 Å². The van der Waals surface area contributed by atoms with Gasteiger partial charge in [-0.15, -0.1) is 4.91 Å². The second-order valence-corrected chi connectivity index (χ2v) is 8.74. The Morgan fingerprint density at radius 3 is 1.91 bits per heavy atom. The molecule has 1 aromatic heterocycles. The van der Waals surface area contributed by atoms with Crippen LogP contribution in [0.1, 0.15) is 10.4 Å². The van der Waals surface area contributed by atoms with E-state index in [4.69, 9.17) is 4.98 Å². The second-order valence-electron chi connectivity index (χ2n) is 7.59. The van der Waals surface area contributed by atoms with Crippen molar-refractivity contribution >= 4 is 17.7 Å². The lowest BCUT2D eigenvalue weighted by Gasteiger charge is -2.05. The van der Waals surface area contributed by atoms with Crippen LogP contribution in [-0.2, 0) is 0 Å². The number of nitrogens with zero attached hydrogens (tertiary/aromatic N) is 2. The molecule has 164 valence electrons. The first-order valence-electron chi connectivity index (χ1n) is 10.7. The zero-order chi connectivity index (χ0) is 23.3. The van der Waals surface area contributed by atoms with Crippen LogP contribution in [0.5, 0.6) is 0 Å². The fourth-order valence-corrected chi connectivity index (χ4v) is 4.50. The molecule has 6 heteroatoms. The van der Waals surface area contributed by atoms with Gasteiger partial charge in [0, 0.05) is 37.2 Å². The Morgan fingerprint density at radius 1 is 0.676 bits per heavy atom. The molecule has 0 atom stereocenters. The third-order valence-electron chi connectivity index (χ3n) is 5.36. The minimum atomic E-state index is -0.787.